The number of aryl methyl sites for hydroxylation is 2. The molecule has 0 atom stereocenters. The van der Waals surface area contributed by atoms with Crippen molar-refractivity contribution in [2.24, 2.45) is 0 Å². The highest BCUT2D eigenvalue weighted by Crippen LogP contribution is 2.31. The molecule has 120 valence electrons. The number of carboxylic acid groups (broad SMARTS) is 1. The molecule has 0 amide bonds. The van der Waals surface area contributed by atoms with E-state index >= 15 is 0 Å². The molecule has 0 saturated heterocycles. The van der Waals surface area contributed by atoms with E-state index in [-0.39, 0.29) is 12.0 Å². The summed E-state index contributed by atoms with van der Waals surface area (Å²) in [7, 11) is 0. The number of carbonyl (C=O) groups is 1. The van der Waals surface area contributed by atoms with Crippen LogP contribution in [0.15, 0.2) is 10.9 Å². The number of hydrogen-bond donors (Lipinski definition) is 1. The van der Waals surface area contributed by atoms with Crippen molar-refractivity contribution in [1.82, 2.24) is 4.57 Å². The van der Waals surface area contributed by atoms with Gasteiger partial charge in [-0.2, -0.15) is 0 Å². The smallest absolute Gasteiger partial charge is 0.303 e. The third-order valence-electron chi connectivity index (χ3n) is 5.16. The Labute approximate surface area is 131 Å². The molecule has 1 saturated carbocycles. The topological polar surface area (TPSA) is 59.3 Å². The van der Waals surface area contributed by atoms with Crippen molar-refractivity contribution in [3.63, 3.8) is 0 Å². The molecule has 0 unspecified atom stereocenters. The summed E-state index contributed by atoms with van der Waals surface area (Å²) in [5.41, 5.74) is 3.31. The standard InChI is InChI=1S/C18H25NO3/c20-17(21)11-10-14-12-13-6-4-5-9-16(13)19(18(14)22)15-7-2-1-3-8-15/h12,15H,1-11H2,(H,20,21). The Morgan fingerprint density at radius 1 is 1.14 bits per heavy atom. The van der Waals surface area contributed by atoms with Crippen LogP contribution in [-0.4, -0.2) is 15.6 Å². The molecule has 0 spiro atoms. The highest BCUT2D eigenvalue weighted by molar-refractivity contribution is 5.67. The lowest BCUT2D eigenvalue weighted by molar-refractivity contribution is -0.136. The van der Waals surface area contributed by atoms with Crippen LogP contribution >= 0.6 is 0 Å². The van der Waals surface area contributed by atoms with Gasteiger partial charge in [0.05, 0.1) is 0 Å². The Morgan fingerprint density at radius 2 is 1.86 bits per heavy atom. The Morgan fingerprint density at radius 3 is 2.59 bits per heavy atom. The molecule has 1 fully saturated rings. The van der Waals surface area contributed by atoms with Crippen LogP contribution in [0.5, 0.6) is 0 Å². The zero-order chi connectivity index (χ0) is 15.5. The Kier molecular flexibility index (Phi) is 4.65. The van der Waals surface area contributed by atoms with Crippen molar-refractivity contribution in [1.29, 1.82) is 0 Å². The van der Waals surface area contributed by atoms with Crippen molar-refractivity contribution in [2.75, 3.05) is 0 Å². The molecule has 0 bridgehead atoms. The molecule has 1 N–H and O–H groups in total. The van der Waals surface area contributed by atoms with E-state index < -0.39 is 5.97 Å². The van der Waals surface area contributed by atoms with E-state index in [4.69, 9.17) is 5.11 Å². The van der Waals surface area contributed by atoms with E-state index in [9.17, 15) is 9.59 Å². The summed E-state index contributed by atoms with van der Waals surface area (Å²) in [6.07, 6.45) is 10.6. The fraction of sp³-hybridized carbons (Fsp3) is 0.667. The van der Waals surface area contributed by atoms with Crippen LogP contribution in [0, 0.1) is 0 Å². The van der Waals surface area contributed by atoms with E-state index in [1.54, 1.807) is 0 Å². The van der Waals surface area contributed by atoms with Crippen LogP contribution in [0.4, 0.5) is 0 Å². The average Bonchev–Trinajstić information content (AvgIpc) is 2.53. The summed E-state index contributed by atoms with van der Waals surface area (Å²) >= 11 is 0. The largest absolute Gasteiger partial charge is 0.481 e. The zero-order valence-electron chi connectivity index (χ0n) is 13.1. The molecular formula is C18H25NO3. The van der Waals surface area contributed by atoms with Crippen LogP contribution in [-0.2, 0) is 24.1 Å². The first kappa shape index (κ1) is 15.3. The van der Waals surface area contributed by atoms with Crippen LogP contribution in [0.2, 0.25) is 0 Å². The maximum Gasteiger partial charge on any atom is 0.303 e. The quantitative estimate of drug-likeness (QED) is 0.929. The molecule has 1 aromatic rings. The Bertz CT molecular complexity index is 611. The summed E-state index contributed by atoms with van der Waals surface area (Å²) in [4.78, 5) is 23.8. The highest BCUT2D eigenvalue weighted by Gasteiger charge is 2.24. The Hall–Kier alpha value is -1.58. The lowest BCUT2D eigenvalue weighted by Crippen LogP contribution is -2.33. The second-order valence-electron chi connectivity index (χ2n) is 6.71. The van der Waals surface area contributed by atoms with Gasteiger partial charge in [-0.15, -0.1) is 0 Å². The van der Waals surface area contributed by atoms with E-state index in [2.05, 4.69) is 4.57 Å². The van der Waals surface area contributed by atoms with E-state index in [1.165, 1.54) is 36.9 Å². The van der Waals surface area contributed by atoms with Gasteiger partial charge in [-0.3, -0.25) is 9.59 Å². The van der Waals surface area contributed by atoms with E-state index in [1.807, 2.05) is 6.07 Å². The molecule has 0 aliphatic heterocycles. The number of fused-ring (bicyclic) bond motifs is 1. The van der Waals surface area contributed by atoms with Gasteiger partial charge in [-0.05, 0) is 56.6 Å². The first-order chi connectivity index (χ1) is 10.7. The van der Waals surface area contributed by atoms with Gasteiger partial charge in [0.2, 0.25) is 0 Å². The Balaban J connectivity index is 2.02. The molecule has 1 aromatic heterocycles. The highest BCUT2D eigenvalue weighted by atomic mass is 16.4. The number of aromatic nitrogens is 1. The summed E-state index contributed by atoms with van der Waals surface area (Å²) in [5.74, 6) is -0.832. The molecule has 22 heavy (non-hydrogen) atoms. The minimum atomic E-state index is -0.832. The van der Waals surface area contributed by atoms with Gasteiger partial charge >= 0.3 is 5.97 Å². The molecule has 1 heterocycles. The fourth-order valence-corrected chi connectivity index (χ4v) is 4.04. The van der Waals surface area contributed by atoms with Crippen molar-refractivity contribution < 1.29 is 9.90 Å². The van der Waals surface area contributed by atoms with Gasteiger partial charge in [-0.25, -0.2) is 0 Å². The third kappa shape index (κ3) is 3.11. The molecule has 0 aromatic carbocycles. The predicted molar refractivity (Wildman–Crippen MR) is 85.4 cm³/mol. The first-order valence-corrected chi connectivity index (χ1v) is 8.65. The zero-order valence-corrected chi connectivity index (χ0v) is 13.1. The predicted octanol–water partition coefficient (Wildman–Crippen LogP) is 3.25. The summed E-state index contributed by atoms with van der Waals surface area (Å²) < 4.78 is 2.06. The van der Waals surface area contributed by atoms with Crippen LogP contribution < -0.4 is 5.56 Å². The minimum absolute atomic E-state index is 0.0404. The monoisotopic (exact) mass is 303 g/mol. The summed E-state index contributed by atoms with van der Waals surface area (Å²) in [5, 5.41) is 8.91. The van der Waals surface area contributed by atoms with E-state index in [0.717, 1.165) is 32.1 Å². The number of aliphatic carboxylic acids is 1. The number of rotatable bonds is 4. The molecule has 0 radical (unpaired) electrons. The second-order valence-corrected chi connectivity index (χ2v) is 6.71. The third-order valence-corrected chi connectivity index (χ3v) is 5.16. The van der Waals surface area contributed by atoms with E-state index in [0.29, 0.717) is 18.0 Å². The van der Waals surface area contributed by atoms with Gasteiger partial charge in [0.15, 0.2) is 0 Å². The molecule has 2 aliphatic rings. The van der Waals surface area contributed by atoms with Crippen LogP contribution in [0.3, 0.4) is 0 Å². The molecule has 2 aliphatic carbocycles. The van der Waals surface area contributed by atoms with Crippen LogP contribution in [0.25, 0.3) is 0 Å². The van der Waals surface area contributed by atoms with Gasteiger partial charge in [0, 0.05) is 23.7 Å². The van der Waals surface area contributed by atoms with Crippen LogP contribution in [0.1, 0.15) is 74.2 Å². The summed E-state index contributed by atoms with van der Waals surface area (Å²) in [6, 6.07) is 2.33. The van der Waals surface area contributed by atoms with Gasteiger partial charge in [0.1, 0.15) is 0 Å². The SMILES string of the molecule is O=C(O)CCc1cc2c(n(C3CCCCC3)c1=O)CCCC2. The molecule has 3 rings (SSSR count). The number of nitrogens with zero attached hydrogens (tertiary/aromatic N) is 1. The maximum absolute atomic E-state index is 12.9. The maximum atomic E-state index is 12.9. The molecule has 4 nitrogen and oxygen atoms in total. The molecule has 4 heteroatoms. The van der Waals surface area contributed by atoms with Gasteiger partial charge in [-0.1, -0.05) is 19.3 Å². The van der Waals surface area contributed by atoms with Crippen molar-refractivity contribution in [3.05, 3.63) is 33.2 Å². The van der Waals surface area contributed by atoms with Gasteiger partial charge in [0.25, 0.3) is 5.56 Å². The summed E-state index contributed by atoms with van der Waals surface area (Å²) in [6.45, 7) is 0. The second kappa shape index (κ2) is 6.67. The normalized spacial score (nSPS) is 18.9. The fourth-order valence-electron chi connectivity index (χ4n) is 4.04. The minimum Gasteiger partial charge on any atom is -0.481 e. The average molecular weight is 303 g/mol. The number of hydrogen-bond acceptors (Lipinski definition) is 2. The number of pyridine rings is 1. The molecular weight excluding hydrogens is 278 g/mol. The van der Waals surface area contributed by atoms with Gasteiger partial charge < -0.3 is 9.67 Å². The number of carboxylic acids is 1. The first-order valence-electron chi connectivity index (χ1n) is 8.65. The van der Waals surface area contributed by atoms with Crippen molar-refractivity contribution >= 4 is 5.97 Å². The lowest BCUT2D eigenvalue weighted by atomic mass is 9.90. The van der Waals surface area contributed by atoms with Crippen molar-refractivity contribution in [2.45, 2.75) is 76.7 Å². The lowest BCUT2D eigenvalue weighted by Gasteiger charge is -2.30. The van der Waals surface area contributed by atoms with Crippen molar-refractivity contribution in [3.8, 4) is 0 Å².